The van der Waals surface area contributed by atoms with Gasteiger partial charge in [0.1, 0.15) is 0 Å². The highest BCUT2D eigenvalue weighted by molar-refractivity contribution is 8.04. The molecule has 0 bridgehead atoms. The van der Waals surface area contributed by atoms with Crippen LogP contribution >= 0.6 is 11.8 Å². The first-order valence-electron chi connectivity index (χ1n) is 6.13. The van der Waals surface area contributed by atoms with E-state index in [1.165, 1.54) is 11.8 Å². The van der Waals surface area contributed by atoms with Gasteiger partial charge in [0.2, 0.25) is 0 Å². The zero-order valence-electron chi connectivity index (χ0n) is 11.6. The largest absolute Gasteiger partial charge is 0.335 e. The summed E-state index contributed by atoms with van der Waals surface area (Å²) in [6, 6.07) is -0.298. The quantitative estimate of drug-likeness (QED) is 0.466. The molecule has 1 rings (SSSR count). The molecule has 0 aromatic carbocycles. The number of amides is 3. The van der Waals surface area contributed by atoms with E-state index in [9.17, 15) is 9.59 Å². The van der Waals surface area contributed by atoms with Crippen molar-refractivity contribution in [2.75, 3.05) is 0 Å². The first kappa shape index (κ1) is 15.8. The SMILES string of the molecule is C[C@@H](NC(=O)NC(C)(C)C)C1CC=C(C(=O)NO)S1. The molecule has 0 radical (unpaired) electrons. The van der Waals surface area contributed by atoms with Crippen LogP contribution in [0.1, 0.15) is 34.1 Å². The molecule has 108 valence electrons. The van der Waals surface area contributed by atoms with Crippen LogP contribution in [0.25, 0.3) is 0 Å². The molecule has 3 amide bonds. The van der Waals surface area contributed by atoms with E-state index in [0.717, 1.165) is 0 Å². The lowest BCUT2D eigenvalue weighted by Gasteiger charge is -2.25. The second-order valence-corrected chi connectivity index (χ2v) is 6.82. The summed E-state index contributed by atoms with van der Waals surface area (Å²) in [5, 5.41) is 14.3. The molecule has 19 heavy (non-hydrogen) atoms. The number of rotatable bonds is 3. The third kappa shape index (κ3) is 5.12. The van der Waals surface area contributed by atoms with Crippen LogP contribution < -0.4 is 16.1 Å². The summed E-state index contributed by atoms with van der Waals surface area (Å²) in [7, 11) is 0. The Balaban J connectivity index is 2.43. The molecule has 0 aromatic rings. The minimum atomic E-state index is -0.501. The van der Waals surface area contributed by atoms with E-state index in [4.69, 9.17) is 5.21 Å². The Labute approximate surface area is 117 Å². The molecule has 0 saturated heterocycles. The predicted octanol–water partition coefficient (Wildman–Crippen LogP) is 1.37. The summed E-state index contributed by atoms with van der Waals surface area (Å²) in [4.78, 5) is 23.5. The smallest absolute Gasteiger partial charge is 0.315 e. The lowest BCUT2D eigenvalue weighted by atomic mass is 10.1. The van der Waals surface area contributed by atoms with Crippen LogP contribution in [0.5, 0.6) is 0 Å². The molecule has 2 atom stereocenters. The van der Waals surface area contributed by atoms with Crippen LogP contribution in [0.3, 0.4) is 0 Å². The van der Waals surface area contributed by atoms with Crippen LogP contribution in [0.2, 0.25) is 0 Å². The van der Waals surface area contributed by atoms with Crippen molar-refractivity contribution in [3.8, 4) is 0 Å². The summed E-state index contributed by atoms with van der Waals surface area (Å²) in [5.41, 5.74) is 1.33. The van der Waals surface area contributed by atoms with E-state index < -0.39 is 5.91 Å². The van der Waals surface area contributed by atoms with Gasteiger partial charge in [0.15, 0.2) is 0 Å². The molecule has 7 heteroatoms. The number of nitrogens with one attached hydrogen (secondary N) is 3. The van der Waals surface area contributed by atoms with E-state index >= 15 is 0 Å². The average molecular weight is 287 g/mol. The van der Waals surface area contributed by atoms with Gasteiger partial charge in [0.05, 0.1) is 4.91 Å². The Hall–Kier alpha value is -1.21. The van der Waals surface area contributed by atoms with Crippen LogP contribution in [-0.4, -0.2) is 34.0 Å². The normalized spacial score (nSPS) is 20.5. The number of urea groups is 1. The van der Waals surface area contributed by atoms with Gasteiger partial charge >= 0.3 is 6.03 Å². The first-order valence-corrected chi connectivity index (χ1v) is 7.01. The molecular formula is C12H21N3O3S. The Morgan fingerprint density at radius 1 is 1.47 bits per heavy atom. The van der Waals surface area contributed by atoms with Gasteiger partial charge in [-0.3, -0.25) is 10.0 Å². The Bertz CT molecular complexity index is 390. The molecule has 0 spiro atoms. The third-order valence-electron chi connectivity index (χ3n) is 2.54. The summed E-state index contributed by atoms with van der Waals surface area (Å²) in [6.45, 7) is 7.62. The van der Waals surface area contributed by atoms with E-state index in [1.807, 2.05) is 27.7 Å². The highest BCUT2D eigenvalue weighted by atomic mass is 32.2. The van der Waals surface area contributed by atoms with Gasteiger partial charge in [-0.1, -0.05) is 6.08 Å². The molecule has 0 saturated carbocycles. The first-order chi connectivity index (χ1) is 8.73. The van der Waals surface area contributed by atoms with E-state index in [-0.39, 0.29) is 22.9 Å². The minimum absolute atomic E-state index is 0.0763. The number of thioether (sulfide) groups is 1. The number of carbonyl (C=O) groups excluding carboxylic acids is 2. The fourth-order valence-electron chi connectivity index (χ4n) is 1.67. The molecule has 1 aliphatic heterocycles. The Kier molecular flexibility index (Phi) is 5.25. The molecule has 6 nitrogen and oxygen atoms in total. The molecule has 1 heterocycles. The van der Waals surface area contributed by atoms with E-state index in [0.29, 0.717) is 11.3 Å². The zero-order valence-corrected chi connectivity index (χ0v) is 12.4. The monoisotopic (exact) mass is 287 g/mol. The summed E-state index contributed by atoms with van der Waals surface area (Å²) in [5.74, 6) is -0.501. The lowest BCUT2D eigenvalue weighted by Crippen LogP contribution is -2.50. The molecule has 4 N–H and O–H groups in total. The predicted molar refractivity (Wildman–Crippen MR) is 74.9 cm³/mol. The maximum Gasteiger partial charge on any atom is 0.315 e. The molecule has 1 unspecified atom stereocenters. The number of hydroxylamine groups is 1. The summed E-state index contributed by atoms with van der Waals surface area (Å²) >= 11 is 1.36. The van der Waals surface area contributed by atoms with Crippen molar-refractivity contribution in [1.82, 2.24) is 16.1 Å². The Morgan fingerprint density at radius 3 is 2.63 bits per heavy atom. The summed E-state index contributed by atoms with van der Waals surface area (Å²) in [6.07, 6.45) is 2.45. The number of hydrogen-bond donors (Lipinski definition) is 4. The van der Waals surface area contributed by atoms with Crippen LogP contribution in [0.15, 0.2) is 11.0 Å². The lowest BCUT2D eigenvalue weighted by molar-refractivity contribution is -0.124. The molecule has 1 aliphatic rings. The van der Waals surface area contributed by atoms with Crippen molar-refractivity contribution in [3.63, 3.8) is 0 Å². The van der Waals surface area contributed by atoms with Crippen molar-refractivity contribution >= 4 is 23.7 Å². The van der Waals surface area contributed by atoms with Gasteiger partial charge in [0, 0.05) is 16.8 Å². The van der Waals surface area contributed by atoms with Gasteiger partial charge < -0.3 is 10.6 Å². The second kappa shape index (κ2) is 6.29. The number of hydrogen-bond acceptors (Lipinski definition) is 4. The van der Waals surface area contributed by atoms with Crippen molar-refractivity contribution < 1.29 is 14.8 Å². The van der Waals surface area contributed by atoms with Crippen molar-refractivity contribution in [3.05, 3.63) is 11.0 Å². The van der Waals surface area contributed by atoms with E-state index in [1.54, 1.807) is 11.6 Å². The maximum absolute atomic E-state index is 11.7. The highest BCUT2D eigenvalue weighted by Gasteiger charge is 2.28. The van der Waals surface area contributed by atoms with Gasteiger partial charge in [-0.2, -0.15) is 0 Å². The summed E-state index contributed by atoms with van der Waals surface area (Å²) < 4.78 is 0. The van der Waals surface area contributed by atoms with Crippen LogP contribution in [0, 0.1) is 0 Å². The van der Waals surface area contributed by atoms with E-state index in [2.05, 4.69) is 10.6 Å². The van der Waals surface area contributed by atoms with Gasteiger partial charge in [-0.15, -0.1) is 11.8 Å². The standard InChI is InChI=1S/C12H21N3O3S/c1-7(13-11(17)14-12(2,3)4)8-5-6-9(19-8)10(16)15-18/h6-8,18H,5H2,1-4H3,(H,15,16)(H2,13,14,17)/t7-,8?/m1/s1. The van der Waals surface area contributed by atoms with Crippen molar-refractivity contribution in [2.45, 2.75) is 50.9 Å². The van der Waals surface area contributed by atoms with Gasteiger partial charge in [-0.05, 0) is 34.1 Å². The van der Waals surface area contributed by atoms with Crippen LogP contribution in [0.4, 0.5) is 4.79 Å². The average Bonchev–Trinajstić information content (AvgIpc) is 2.74. The second-order valence-electron chi connectivity index (χ2n) is 5.54. The van der Waals surface area contributed by atoms with Gasteiger partial charge in [0.25, 0.3) is 5.91 Å². The molecule has 0 fully saturated rings. The minimum Gasteiger partial charge on any atom is -0.335 e. The third-order valence-corrected chi connectivity index (χ3v) is 4.05. The maximum atomic E-state index is 11.7. The number of carbonyl (C=O) groups is 2. The molecule has 0 aliphatic carbocycles. The number of allylic oxidation sites excluding steroid dienone is 1. The fourth-order valence-corrected chi connectivity index (χ4v) is 2.80. The Morgan fingerprint density at radius 2 is 2.11 bits per heavy atom. The topological polar surface area (TPSA) is 90.5 Å². The van der Waals surface area contributed by atoms with Gasteiger partial charge in [-0.25, -0.2) is 10.3 Å². The van der Waals surface area contributed by atoms with Crippen LogP contribution in [-0.2, 0) is 4.79 Å². The zero-order chi connectivity index (χ0) is 14.6. The highest BCUT2D eigenvalue weighted by Crippen LogP contribution is 2.34. The van der Waals surface area contributed by atoms with Crippen molar-refractivity contribution in [1.29, 1.82) is 0 Å². The molecular weight excluding hydrogens is 266 g/mol. The van der Waals surface area contributed by atoms with Crippen molar-refractivity contribution in [2.24, 2.45) is 0 Å². The molecule has 0 aromatic heterocycles. The fraction of sp³-hybridized carbons (Fsp3) is 0.667.